The standard InChI is InChI=1S/C40H29N6O.Pt/c1-28-10-7-19-39-41-40(42-46(28)39)45-37-18-6-5-17-35(37)36-21-20-34(26-38(36)45)47-33-16-9-15-32(25-33)44-23-22-43(27-44)31-14-8-13-30(24-31)29-11-3-2-4-12-29;/h2-3,5-11,13-24,27H,4,12H2,1H3;/q-3;. The first kappa shape index (κ1) is 30.0. The Bertz CT molecular complexity index is 2420. The van der Waals surface area contributed by atoms with Gasteiger partial charge in [0.25, 0.3) is 5.95 Å². The number of hydrogen-bond donors (Lipinski definition) is 0. The molecule has 0 amide bonds. The van der Waals surface area contributed by atoms with Crippen molar-refractivity contribution in [2.45, 2.75) is 19.8 Å². The molecule has 0 spiro atoms. The van der Waals surface area contributed by atoms with Gasteiger partial charge in [-0.1, -0.05) is 60.1 Å². The van der Waals surface area contributed by atoms with E-state index < -0.39 is 0 Å². The molecule has 0 bridgehead atoms. The van der Waals surface area contributed by atoms with E-state index in [1.807, 2.05) is 77.1 Å². The SMILES string of the molecule is Cc1cccc2nc(-n3c4[c-]c(Oc5[c-]c(N6C=CN(c7cccc(C8=CC=CCC8)c7)[CH-]6)ccc5)ccc4c4ccccc43)nn12.[Pt]. The van der Waals surface area contributed by atoms with E-state index in [1.165, 1.54) is 11.1 Å². The molecule has 0 fully saturated rings. The number of rotatable bonds is 6. The smallest absolute Gasteiger partial charge is 0.252 e. The number of ether oxygens (including phenoxy) is 1. The second-order valence-electron chi connectivity index (χ2n) is 11.7. The Kier molecular flexibility index (Phi) is 7.70. The van der Waals surface area contributed by atoms with Crippen LogP contribution in [0, 0.1) is 25.7 Å². The number of benzene rings is 4. The fraction of sp³-hybridized carbons (Fsp3) is 0.0750. The van der Waals surface area contributed by atoms with Gasteiger partial charge < -0.3 is 19.1 Å². The van der Waals surface area contributed by atoms with E-state index in [1.54, 1.807) is 0 Å². The van der Waals surface area contributed by atoms with E-state index in [2.05, 4.69) is 95.2 Å². The van der Waals surface area contributed by atoms with Crippen molar-refractivity contribution < 1.29 is 25.8 Å². The number of anilines is 2. The maximum absolute atomic E-state index is 6.39. The van der Waals surface area contributed by atoms with Crippen molar-refractivity contribution in [1.82, 2.24) is 19.2 Å². The minimum atomic E-state index is 0. The third-order valence-corrected chi connectivity index (χ3v) is 8.71. The summed E-state index contributed by atoms with van der Waals surface area (Å²) in [5, 5.41) is 7.02. The van der Waals surface area contributed by atoms with Crippen LogP contribution in [-0.2, 0) is 21.1 Å². The predicted molar refractivity (Wildman–Crippen MR) is 187 cm³/mol. The van der Waals surface area contributed by atoms with Gasteiger partial charge in [0.1, 0.15) is 0 Å². The van der Waals surface area contributed by atoms with E-state index in [4.69, 9.17) is 14.8 Å². The molecular formula is C40H29N6OPt-3. The third-order valence-electron chi connectivity index (χ3n) is 8.71. The molecule has 0 saturated heterocycles. The molecule has 3 aromatic heterocycles. The maximum Gasteiger partial charge on any atom is 0.252 e. The van der Waals surface area contributed by atoms with Gasteiger partial charge in [-0.3, -0.25) is 0 Å². The van der Waals surface area contributed by atoms with E-state index in [-0.39, 0.29) is 21.1 Å². The molecule has 0 N–H and O–H groups in total. The normalized spacial score (nSPS) is 14.2. The van der Waals surface area contributed by atoms with Crippen molar-refractivity contribution in [2.75, 3.05) is 9.80 Å². The van der Waals surface area contributed by atoms with Gasteiger partial charge >= 0.3 is 0 Å². The van der Waals surface area contributed by atoms with Crippen LogP contribution in [0.25, 0.3) is 39.0 Å². The van der Waals surface area contributed by atoms with Gasteiger partial charge in [-0.2, -0.15) is 17.1 Å². The van der Waals surface area contributed by atoms with Crippen LogP contribution in [0.1, 0.15) is 24.1 Å². The first-order valence-electron chi connectivity index (χ1n) is 15.7. The van der Waals surface area contributed by atoms with Crippen molar-refractivity contribution in [1.29, 1.82) is 0 Å². The zero-order valence-electron chi connectivity index (χ0n) is 26.0. The summed E-state index contributed by atoms with van der Waals surface area (Å²) in [5.74, 6) is 1.77. The molecule has 7 aromatic rings. The Morgan fingerprint density at radius 2 is 1.67 bits per heavy atom. The van der Waals surface area contributed by atoms with E-state index in [0.717, 1.165) is 57.4 Å². The molecule has 0 radical (unpaired) electrons. The number of aryl methyl sites for hydroxylation is 1. The van der Waals surface area contributed by atoms with Gasteiger partial charge in [0.05, 0.1) is 0 Å². The van der Waals surface area contributed by atoms with Crippen molar-refractivity contribution >= 4 is 44.4 Å². The van der Waals surface area contributed by atoms with Crippen molar-refractivity contribution in [3.63, 3.8) is 0 Å². The molecule has 1 aliphatic heterocycles. The fourth-order valence-corrected chi connectivity index (χ4v) is 6.38. The van der Waals surface area contributed by atoms with Crippen LogP contribution in [0.2, 0.25) is 0 Å². The van der Waals surface area contributed by atoms with E-state index >= 15 is 0 Å². The molecule has 0 unspecified atom stereocenters. The maximum atomic E-state index is 6.39. The Balaban J connectivity index is 0.00000336. The van der Waals surface area contributed by atoms with Gasteiger partial charge in [0, 0.05) is 49.5 Å². The van der Waals surface area contributed by atoms with Crippen LogP contribution in [0.5, 0.6) is 11.5 Å². The monoisotopic (exact) mass is 804 g/mol. The number of fused-ring (bicyclic) bond motifs is 4. The Morgan fingerprint density at radius 3 is 2.56 bits per heavy atom. The molecule has 0 saturated carbocycles. The van der Waals surface area contributed by atoms with Crippen molar-refractivity contribution in [3.8, 4) is 17.4 Å². The molecule has 9 rings (SSSR count). The van der Waals surface area contributed by atoms with E-state index in [9.17, 15) is 0 Å². The molecular weight excluding hydrogens is 776 g/mol. The van der Waals surface area contributed by atoms with Gasteiger partial charge in [-0.25, -0.2) is 4.52 Å². The van der Waals surface area contributed by atoms with Gasteiger partial charge in [-0.05, 0) is 79.0 Å². The molecule has 4 heterocycles. The summed E-state index contributed by atoms with van der Waals surface area (Å²) in [6, 6.07) is 39.9. The number of para-hydroxylation sites is 1. The first-order valence-corrected chi connectivity index (χ1v) is 15.7. The third kappa shape index (κ3) is 5.30. The summed E-state index contributed by atoms with van der Waals surface area (Å²) in [6.07, 6.45) is 12.8. The topological polar surface area (TPSA) is 50.8 Å². The molecule has 8 heteroatoms. The number of pyridine rings is 1. The molecule has 1 aliphatic carbocycles. The molecule has 4 aromatic carbocycles. The summed E-state index contributed by atoms with van der Waals surface area (Å²) in [6.45, 7) is 4.09. The zero-order valence-corrected chi connectivity index (χ0v) is 28.3. The predicted octanol–water partition coefficient (Wildman–Crippen LogP) is 9.18. The number of nitrogens with zero attached hydrogens (tertiary/aromatic N) is 6. The number of aromatic nitrogens is 4. The van der Waals surface area contributed by atoms with Crippen LogP contribution in [0.15, 0.2) is 128 Å². The van der Waals surface area contributed by atoms with Crippen LogP contribution in [0.3, 0.4) is 0 Å². The average molecular weight is 805 g/mol. The second kappa shape index (κ2) is 12.3. The zero-order chi connectivity index (χ0) is 31.3. The summed E-state index contributed by atoms with van der Waals surface area (Å²) in [5.41, 5.74) is 8.28. The summed E-state index contributed by atoms with van der Waals surface area (Å²) in [7, 11) is 0. The minimum absolute atomic E-state index is 0. The molecule has 7 nitrogen and oxygen atoms in total. The van der Waals surface area contributed by atoms with E-state index in [0.29, 0.717) is 17.4 Å². The minimum Gasteiger partial charge on any atom is -0.509 e. The Hall–Kier alpha value is -5.39. The molecule has 48 heavy (non-hydrogen) atoms. The largest absolute Gasteiger partial charge is 0.509 e. The summed E-state index contributed by atoms with van der Waals surface area (Å²) in [4.78, 5) is 9.04. The molecule has 238 valence electrons. The summed E-state index contributed by atoms with van der Waals surface area (Å²) >= 11 is 0. The van der Waals surface area contributed by atoms with Gasteiger partial charge in [0.15, 0.2) is 5.65 Å². The first-order chi connectivity index (χ1) is 23.2. The van der Waals surface area contributed by atoms with Crippen LogP contribution < -0.4 is 14.5 Å². The molecule has 0 atom stereocenters. The quantitative estimate of drug-likeness (QED) is 0.157. The second-order valence-corrected chi connectivity index (χ2v) is 11.7. The van der Waals surface area contributed by atoms with Crippen LogP contribution in [0.4, 0.5) is 11.4 Å². The van der Waals surface area contributed by atoms with Crippen molar-refractivity contribution in [3.05, 3.63) is 158 Å². The van der Waals surface area contributed by atoms with Crippen LogP contribution >= 0.6 is 0 Å². The summed E-state index contributed by atoms with van der Waals surface area (Å²) < 4.78 is 10.3. The van der Waals surface area contributed by atoms with Crippen LogP contribution in [-0.4, -0.2) is 19.2 Å². The van der Waals surface area contributed by atoms with Gasteiger partial charge in [0.2, 0.25) is 0 Å². The number of allylic oxidation sites excluding steroid dienone is 4. The fourth-order valence-electron chi connectivity index (χ4n) is 6.38. The van der Waals surface area contributed by atoms with Crippen molar-refractivity contribution in [2.24, 2.45) is 0 Å². The number of hydrogen-bond acceptors (Lipinski definition) is 5. The van der Waals surface area contributed by atoms with Gasteiger partial charge in [-0.15, -0.1) is 53.2 Å². The molecule has 2 aliphatic rings. The Labute approximate surface area is 293 Å². The Morgan fingerprint density at radius 1 is 0.812 bits per heavy atom. The average Bonchev–Trinajstić information content (AvgIpc) is 3.86.